The van der Waals surface area contributed by atoms with E-state index >= 15 is 0 Å². The molecular formula is C18H23N5O3S. The normalized spacial score (nSPS) is 17.2. The van der Waals surface area contributed by atoms with Gasteiger partial charge in [0.2, 0.25) is 0 Å². The fraction of sp³-hybridized carbons (Fsp3) is 0.444. The molecule has 1 atom stereocenters. The largest absolute Gasteiger partial charge is 0.394 e. The second-order valence-corrected chi connectivity index (χ2v) is 8.72. The average molecular weight is 389 g/mol. The Hall–Kier alpha value is -2.39. The summed E-state index contributed by atoms with van der Waals surface area (Å²) in [6, 6.07) is 3.04. The van der Waals surface area contributed by atoms with Crippen LogP contribution in [0.15, 0.2) is 23.4 Å². The van der Waals surface area contributed by atoms with Crippen molar-refractivity contribution in [2.75, 3.05) is 11.9 Å². The summed E-state index contributed by atoms with van der Waals surface area (Å²) in [7, 11) is -3.58. The summed E-state index contributed by atoms with van der Waals surface area (Å²) in [5.41, 5.74) is 5.78. The number of rotatable bonds is 5. The molecule has 2 amide bonds. The smallest absolute Gasteiger partial charge is 0.332 e. The highest BCUT2D eigenvalue weighted by atomic mass is 32.2. The Morgan fingerprint density at radius 1 is 1.22 bits per heavy atom. The maximum absolute atomic E-state index is 12.6. The van der Waals surface area contributed by atoms with E-state index < -0.39 is 15.9 Å². The van der Waals surface area contributed by atoms with Crippen molar-refractivity contribution in [2.45, 2.75) is 50.1 Å². The number of benzene rings is 1. The van der Waals surface area contributed by atoms with E-state index in [4.69, 9.17) is 9.89 Å². The molecule has 0 bridgehead atoms. The van der Waals surface area contributed by atoms with Crippen molar-refractivity contribution in [1.29, 1.82) is 4.78 Å². The number of anilines is 1. The minimum absolute atomic E-state index is 0.0328. The van der Waals surface area contributed by atoms with E-state index in [1.807, 2.05) is 0 Å². The fourth-order valence-electron chi connectivity index (χ4n) is 4.01. The van der Waals surface area contributed by atoms with E-state index in [0.717, 1.165) is 44.2 Å². The number of amides is 2. The maximum atomic E-state index is 12.6. The van der Waals surface area contributed by atoms with Gasteiger partial charge in [-0.2, -0.15) is 5.10 Å². The minimum atomic E-state index is -3.58. The molecule has 8 nitrogen and oxygen atoms in total. The molecule has 4 rings (SSSR count). The first kappa shape index (κ1) is 18.0. The number of nitrogens with zero attached hydrogens (tertiary/aromatic N) is 2. The molecule has 2 aliphatic rings. The molecule has 1 aromatic carbocycles. The van der Waals surface area contributed by atoms with Crippen molar-refractivity contribution < 1.29 is 14.1 Å². The molecule has 27 heavy (non-hydrogen) atoms. The Bertz CT molecular complexity index is 964. The van der Waals surface area contributed by atoms with E-state index in [1.54, 1.807) is 0 Å². The van der Waals surface area contributed by atoms with Crippen LogP contribution in [0.2, 0.25) is 0 Å². The molecule has 2 aromatic rings. The number of aliphatic hydroxyl groups is 1. The zero-order chi connectivity index (χ0) is 19.0. The number of hydrogen-bond donors (Lipinski definition) is 4. The summed E-state index contributed by atoms with van der Waals surface area (Å²) in [4.78, 5) is 12.5. The first-order valence-electron chi connectivity index (χ1n) is 9.16. The fourth-order valence-corrected chi connectivity index (χ4v) is 4.90. The van der Waals surface area contributed by atoms with E-state index in [-0.39, 0.29) is 18.2 Å². The zero-order valence-electron chi connectivity index (χ0n) is 15.0. The van der Waals surface area contributed by atoms with Gasteiger partial charge in [0.05, 0.1) is 13.2 Å². The van der Waals surface area contributed by atoms with Gasteiger partial charge >= 0.3 is 6.03 Å². The van der Waals surface area contributed by atoms with Gasteiger partial charge in [0.25, 0.3) is 0 Å². The van der Waals surface area contributed by atoms with E-state index in [1.165, 1.54) is 39.2 Å². The van der Waals surface area contributed by atoms with E-state index in [0.29, 0.717) is 0 Å². The topological polar surface area (TPSA) is 120 Å². The van der Waals surface area contributed by atoms with Crippen LogP contribution in [-0.4, -0.2) is 31.7 Å². The van der Waals surface area contributed by atoms with Crippen LogP contribution in [0, 0.1) is 4.78 Å². The minimum Gasteiger partial charge on any atom is -0.394 e. The lowest BCUT2D eigenvalue weighted by Crippen LogP contribution is -2.34. The Kier molecular flexibility index (Phi) is 4.65. The van der Waals surface area contributed by atoms with Gasteiger partial charge in [0.1, 0.15) is 0 Å². The number of nitrogens with one attached hydrogen (secondary N) is 3. The van der Waals surface area contributed by atoms with Gasteiger partial charge in [-0.1, -0.05) is 6.07 Å². The molecule has 0 saturated carbocycles. The number of fused-ring (bicyclic) bond motifs is 2. The first-order chi connectivity index (χ1) is 13.0. The first-order valence-corrected chi connectivity index (χ1v) is 10.7. The van der Waals surface area contributed by atoms with Crippen LogP contribution in [0.4, 0.5) is 10.5 Å². The number of aryl methyl sites for hydroxylation is 2. The third-order valence-electron chi connectivity index (χ3n) is 5.19. The molecule has 1 heterocycles. The lowest BCUT2D eigenvalue weighted by atomic mass is 9.99. The highest BCUT2D eigenvalue weighted by Gasteiger charge is 2.26. The number of hydrogen-bond acceptors (Lipinski definition) is 5. The van der Waals surface area contributed by atoms with Crippen molar-refractivity contribution >= 4 is 21.6 Å². The quantitative estimate of drug-likeness (QED) is 0.625. The molecule has 2 aliphatic carbocycles. The lowest BCUT2D eigenvalue weighted by molar-refractivity contribution is 0.256. The summed E-state index contributed by atoms with van der Waals surface area (Å²) in [5, 5.41) is 15.8. The van der Waals surface area contributed by atoms with E-state index in [2.05, 4.69) is 21.2 Å². The summed E-state index contributed by atoms with van der Waals surface area (Å²) in [5.74, 6) is 0. The van der Waals surface area contributed by atoms with Gasteiger partial charge in [-0.15, -0.1) is 0 Å². The van der Waals surface area contributed by atoms with Gasteiger partial charge in [-0.05, 0) is 66.8 Å². The van der Waals surface area contributed by atoms with Crippen molar-refractivity contribution in [2.24, 2.45) is 0 Å². The van der Waals surface area contributed by atoms with Crippen molar-refractivity contribution in [3.05, 3.63) is 40.6 Å². The van der Waals surface area contributed by atoms with Crippen molar-refractivity contribution in [3.8, 4) is 0 Å². The predicted octanol–water partition coefficient (Wildman–Crippen LogP) is 2.00. The van der Waals surface area contributed by atoms with Crippen molar-refractivity contribution in [3.63, 3.8) is 0 Å². The van der Waals surface area contributed by atoms with E-state index in [9.17, 15) is 9.00 Å². The zero-order valence-corrected chi connectivity index (χ0v) is 15.8. The average Bonchev–Trinajstić information content (AvgIpc) is 3.34. The van der Waals surface area contributed by atoms with Crippen molar-refractivity contribution in [1.82, 2.24) is 14.5 Å². The SMILES string of the molecule is N=S(=O)(NC(=O)Nc1c2c(cc3c1CCC3)CCC2)c1ccn(CCO)n1. The summed E-state index contributed by atoms with van der Waals surface area (Å²) in [6.07, 6.45) is 7.58. The van der Waals surface area contributed by atoms with Gasteiger partial charge in [0.15, 0.2) is 14.9 Å². The molecule has 0 fully saturated rings. The molecule has 1 aromatic heterocycles. The lowest BCUT2D eigenvalue weighted by Gasteiger charge is -2.17. The third kappa shape index (κ3) is 3.44. The summed E-state index contributed by atoms with van der Waals surface area (Å²) >= 11 is 0. The second-order valence-electron chi connectivity index (χ2n) is 6.99. The molecule has 0 spiro atoms. The standard InChI is InChI=1S/C18H23N5O3S/c19-27(26,16-7-8-23(21-16)9-10-24)22-18(25)20-17-14-5-1-3-12(14)11-13-4-2-6-15(13)17/h7-8,11,24H,1-6,9-10H2,(H3,19,20,22,25,26). The molecule has 1 unspecified atom stereocenters. The molecule has 0 radical (unpaired) electrons. The highest BCUT2D eigenvalue weighted by Crippen LogP contribution is 2.38. The van der Waals surface area contributed by atoms with Gasteiger partial charge in [0, 0.05) is 11.9 Å². The summed E-state index contributed by atoms with van der Waals surface area (Å²) in [6.45, 7) is 0.127. The number of carbonyl (C=O) groups is 1. The number of aliphatic hydroxyl groups excluding tert-OH is 1. The van der Waals surface area contributed by atoms with Crippen LogP contribution >= 0.6 is 0 Å². The predicted molar refractivity (Wildman–Crippen MR) is 101 cm³/mol. The van der Waals surface area contributed by atoms with Crippen LogP contribution in [0.5, 0.6) is 0 Å². The molecule has 9 heteroatoms. The Balaban J connectivity index is 1.55. The van der Waals surface area contributed by atoms with Crippen LogP contribution in [0.3, 0.4) is 0 Å². The van der Waals surface area contributed by atoms with Crippen LogP contribution in [0.25, 0.3) is 0 Å². The Morgan fingerprint density at radius 2 is 1.89 bits per heavy atom. The monoisotopic (exact) mass is 389 g/mol. The van der Waals surface area contributed by atoms with Crippen LogP contribution < -0.4 is 10.0 Å². The molecule has 144 valence electrons. The van der Waals surface area contributed by atoms with Gasteiger partial charge < -0.3 is 10.4 Å². The number of carbonyl (C=O) groups excluding carboxylic acids is 1. The van der Waals surface area contributed by atoms with Gasteiger partial charge in [-0.25, -0.2) is 18.5 Å². The molecule has 4 N–H and O–H groups in total. The molecular weight excluding hydrogens is 366 g/mol. The molecule has 0 saturated heterocycles. The maximum Gasteiger partial charge on any atom is 0.332 e. The summed E-state index contributed by atoms with van der Waals surface area (Å²) < 4.78 is 24.3. The van der Waals surface area contributed by atoms with Crippen LogP contribution in [-0.2, 0) is 42.1 Å². The molecule has 0 aliphatic heterocycles. The Labute approximate surface area is 158 Å². The highest BCUT2D eigenvalue weighted by molar-refractivity contribution is 7.91. The number of aromatic nitrogens is 2. The van der Waals surface area contributed by atoms with Gasteiger partial charge in [-0.3, -0.25) is 4.68 Å². The van der Waals surface area contributed by atoms with Crippen LogP contribution in [0.1, 0.15) is 35.1 Å². The third-order valence-corrected chi connectivity index (χ3v) is 6.47. The number of urea groups is 1. The Morgan fingerprint density at radius 3 is 2.52 bits per heavy atom. The second kappa shape index (κ2) is 6.97.